The fourth-order valence-electron chi connectivity index (χ4n) is 16.7. The predicted octanol–water partition coefficient (Wildman–Crippen LogP) is 5.76. The number of aromatic nitrogens is 1. The van der Waals surface area contributed by atoms with Crippen LogP contribution in [0.4, 0.5) is 5.69 Å². The van der Waals surface area contributed by atoms with Crippen molar-refractivity contribution in [3.63, 3.8) is 0 Å². The summed E-state index contributed by atoms with van der Waals surface area (Å²) in [5.41, 5.74) is -1.34. The summed E-state index contributed by atoms with van der Waals surface area (Å²) in [6, 6.07) is 11.2. The van der Waals surface area contributed by atoms with Gasteiger partial charge in [0.15, 0.2) is 5.60 Å². The minimum Gasteiger partial charge on any atom is -0.496 e. The zero-order chi connectivity index (χ0) is 48.5. The largest absolute Gasteiger partial charge is 0.496 e. The molecule has 12 rings (SSSR count). The maximum absolute atomic E-state index is 15.5. The first-order valence-corrected chi connectivity index (χ1v) is 25.9. The first-order chi connectivity index (χ1) is 33.0. The molecule has 5 unspecified atom stereocenters. The average Bonchev–Trinajstić information content (AvgIpc) is 4.00. The van der Waals surface area contributed by atoms with Gasteiger partial charge in [-0.15, -0.1) is 0 Å². The molecule has 9 aliphatic rings. The highest BCUT2D eigenvalue weighted by molar-refractivity contribution is 5.95. The number of anilines is 1. The summed E-state index contributed by atoms with van der Waals surface area (Å²) < 4.78 is 12.5. The van der Waals surface area contributed by atoms with E-state index in [0.29, 0.717) is 89.2 Å². The van der Waals surface area contributed by atoms with Gasteiger partial charge in [0.2, 0.25) is 0 Å². The Kier molecular flexibility index (Phi) is 13.1. The lowest BCUT2D eigenvalue weighted by Crippen LogP contribution is -2.82. The Morgan fingerprint density at radius 1 is 0.915 bits per heavy atom. The molecule has 2 aromatic carbocycles. The van der Waals surface area contributed by atoms with Gasteiger partial charge in [0.05, 0.1) is 32.4 Å². The molecule has 0 radical (unpaired) electrons. The van der Waals surface area contributed by atoms with Crippen LogP contribution in [0, 0.1) is 22.2 Å². The lowest BCUT2D eigenvalue weighted by Gasteiger charge is -2.63. The summed E-state index contributed by atoms with van der Waals surface area (Å²) in [7, 11) is 5.02. The Labute approximate surface area is 421 Å². The lowest BCUT2D eigenvalue weighted by atomic mass is 9.47. The Balaban J connectivity index is 0.00000312. The van der Waals surface area contributed by atoms with Crippen LogP contribution in [0.25, 0.3) is 10.9 Å². The molecule has 10 atom stereocenters. The van der Waals surface area contributed by atoms with Crippen LogP contribution in [0.5, 0.6) is 5.75 Å². The zero-order valence-corrected chi connectivity index (χ0v) is 41.6. The van der Waals surface area contributed by atoms with Gasteiger partial charge in [-0.05, 0) is 131 Å². The van der Waals surface area contributed by atoms with Crippen molar-refractivity contribution in [3.8, 4) is 5.75 Å². The molecule has 4 aliphatic carbocycles. The average molecular weight is 979 g/mol. The van der Waals surface area contributed by atoms with Crippen molar-refractivity contribution in [3.05, 3.63) is 70.9 Å². The molecule has 3 aromatic rings. The van der Waals surface area contributed by atoms with Gasteiger partial charge in [-0.2, -0.15) is 0 Å². The number of aliphatic hydroxyl groups excluding tert-OH is 1. The van der Waals surface area contributed by atoms with Gasteiger partial charge >= 0.3 is 5.97 Å². The number of carbonyl (C=O) groups excluding carboxylic acids is 3. The molecule has 388 valence electrons. The number of benzene rings is 2. The van der Waals surface area contributed by atoms with Crippen LogP contribution in [0.2, 0.25) is 0 Å². The number of piperidine rings is 1. The molecule has 71 heavy (non-hydrogen) atoms. The Bertz CT molecular complexity index is 2590. The molecule has 14 nitrogen and oxygen atoms in total. The lowest BCUT2D eigenvalue weighted by molar-refractivity contribution is -0.204. The highest BCUT2D eigenvalue weighted by atomic mass is 16.5. The molecule has 5 aliphatic heterocycles. The number of fused-ring (bicyclic) bond motifs is 9. The number of ketones is 1. The van der Waals surface area contributed by atoms with Crippen molar-refractivity contribution >= 4 is 34.3 Å². The second-order valence-corrected chi connectivity index (χ2v) is 23.5. The zero-order valence-electron chi connectivity index (χ0n) is 41.6. The number of aromatic amines is 1. The molecule has 2 saturated heterocycles. The number of hydrogen-bond acceptors (Lipinski definition) is 12. The Hall–Kier alpha value is -4.31. The van der Waals surface area contributed by atoms with Gasteiger partial charge < -0.3 is 45.3 Å². The maximum Gasteiger partial charge on any atom is 0.322 e. The predicted molar refractivity (Wildman–Crippen MR) is 277 cm³/mol. The number of aliphatic hydroxyl groups is 3. The van der Waals surface area contributed by atoms with E-state index < -0.39 is 51.5 Å². The first kappa shape index (κ1) is 51.6. The Morgan fingerprint density at radius 3 is 2.30 bits per heavy atom. The van der Waals surface area contributed by atoms with E-state index in [4.69, 9.17) is 9.47 Å². The summed E-state index contributed by atoms with van der Waals surface area (Å²) in [5, 5.41) is 46.5. The second kappa shape index (κ2) is 18.0. The third-order valence-electron chi connectivity index (χ3n) is 19.7. The fourth-order valence-corrected chi connectivity index (χ4v) is 16.7. The molecular weight excluding hydrogens is 897 g/mol. The number of H-pyrrole nitrogens is 1. The van der Waals surface area contributed by atoms with Gasteiger partial charge in [0.25, 0.3) is 5.91 Å². The SMILES string of the molecule is C.C.CC[C@]12C=CCN3CCC4(c5cc([C@]6(C(=O)OC)CC7CN(CCc8c6[nH]c6ccccc86)C[C@@](C)(O)C7)c(OC)cc5N(C)C4[C@@](O)(C(=O)NCC45CCC(CNCC(C)=O)(CC4)CC5)[C@@H]1O)C32. The minimum absolute atomic E-state index is 0. The molecular formula is C57H82N6O8. The topological polar surface area (TPSA) is 180 Å². The normalized spacial score (nSPS) is 38.5. The number of rotatable bonds is 11. The van der Waals surface area contributed by atoms with E-state index in [-0.39, 0.29) is 43.4 Å². The van der Waals surface area contributed by atoms with E-state index in [2.05, 4.69) is 62.7 Å². The van der Waals surface area contributed by atoms with Gasteiger partial charge in [0.1, 0.15) is 23.1 Å². The van der Waals surface area contributed by atoms with Crippen LogP contribution in [-0.4, -0.2) is 151 Å². The summed E-state index contributed by atoms with van der Waals surface area (Å²) in [6.45, 7) is 10.5. The van der Waals surface area contributed by atoms with Crippen molar-refractivity contribution in [1.82, 2.24) is 25.4 Å². The van der Waals surface area contributed by atoms with E-state index in [0.717, 1.165) is 78.5 Å². The highest BCUT2D eigenvalue weighted by Gasteiger charge is 2.79. The van der Waals surface area contributed by atoms with Gasteiger partial charge in [-0.3, -0.25) is 24.2 Å². The number of Topliss-reactive ketones (excluding diaryl/α,β-unsaturated/α-hetero) is 1. The summed E-state index contributed by atoms with van der Waals surface area (Å²) in [5.74, 6) is -0.445. The number of nitrogens with zero attached hydrogens (tertiary/aromatic N) is 3. The highest BCUT2D eigenvalue weighted by Crippen LogP contribution is 2.68. The number of para-hydroxylation sites is 1. The molecule has 14 heteroatoms. The van der Waals surface area contributed by atoms with Crippen LogP contribution >= 0.6 is 0 Å². The van der Waals surface area contributed by atoms with Crippen molar-refractivity contribution < 1.29 is 39.2 Å². The number of likely N-dealkylation sites (N-methyl/N-ethyl adjacent to an activating group) is 1. The van der Waals surface area contributed by atoms with Crippen LogP contribution in [0.1, 0.15) is 122 Å². The van der Waals surface area contributed by atoms with E-state index in [1.165, 1.54) is 7.11 Å². The molecule has 1 amide bonds. The fraction of sp³-hybridized carbons (Fsp3) is 0.667. The molecule has 6 N–H and O–H groups in total. The maximum atomic E-state index is 15.5. The standard InChI is InChI=1S/C55H74N6O8.2CH4/c1-7-52-14-10-22-61-24-21-53(44(52)61)38-25-39(54(48(65)69-6)28-35-27-49(3,66)33-60(30-35)23-13-37-36-11-8-9-12-40(36)58-43(37)54)42(68-5)26-41(38)59(4)45(53)55(67,46(52)63)47(64)57-32-51-18-15-50(16-19-51,17-20-51)31-56-29-34(2)62;;/h8-12,14,25-26,35,44-46,56,58,63,66-67H,7,13,15-24,27-33H2,1-6H3,(H,57,64);2*1H4/t35?,44?,45?,46-,49+,50?,51?,52-,53?,54-,55+;;/m1../s1. The van der Waals surface area contributed by atoms with E-state index in [9.17, 15) is 20.1 Å². The molecule has 4 saturated carbocycles. The monoisotopic (exact) mass is 979 g/mol. The van der Waals surface area contributed by atoms with Gasteiger partial charge in [-0.1, -0.05) is 52.1 Å². The van der Waals surface area contributed by atoms with E-state index >= 15 is 9.59 Å². The van der Waals surface area contributed by atoms with Crippen LogP contribution < -0.4 is 20.3 Å². The van der Waals surface area contributed by atoms with Gasteiger partial charge in [-0.25, -0.2) is 0 Å². The number of methoxy groups -OCH3 is 2. The number of esters is 1. The summed E-state index contributed by atoms with van der Waals surface area (Å²) >= 11 is 0. The molecule has 4 bridgehead atoms. The van der Waals surface area contributed by atoms with E-state index in [1.807, 2.05) is 37.1 Å². The van der Waals surface area contributed by atoms with Crippen molar-refractivity contribution in [2.45, 2.75) is 146 Å². The van der Waals surface area contributed by atoms with E-state index in [1.54, 1.807) is 14.0 Å². The van der Waals surface area contributed by atoms with Crippen molar-refractivity contribution in [2.24, 2.45) is 22.2 Å². The van der Waals surface area contributed by atoms with Crippen molar-refractivity contribution in [2.75, 3.05) is 78.5 Å². The number of nitrogens with one attached hydrogen (secondary N) is 3. The minimum atomic E-state index is -2.24. The number of amides is 1. The second-order valence-electron chi connectivity index (χ2n) is 23.5. The number of hydrogen-bond donors (Lipinski definition) is 6. The van der Waals surface area contributed by atoms with Crippen LogP contribution in [0.15, 0.2) is 48.6 Å². The summed E-state index contributed by atoms with van der Waals surface area (Å²) in [6.07, 6.45) is 11.3. The quantitative estimate of drug-likeness (QED) is 0.101. The Morgan fingerprint density at radius 2 is 1.62 bits per heavy atom. The smallest absolute Gasteiger partial charge is 0.322 e. The van der Waals surface area contributed by atoms with Gasteiger partial charge in [0, 0.05) is 97.1 Å². The first-order valence-electron chi connectivity index (χ1n) is 25.9. The third kappa shape index (κ3) is 7.33. The van der Waals surface area contributed by atoms with Crippen LogP contribution in [-0.2, 0) is 36.4 Å². The van der Waals surface area contributed by atoms with Crippen molar-refractivity contribution in [1.29, 1.82) is 0 Å². The number of carbonyl (C=O) groups is 3. The molecule has 1 spiro atoms. The summed E-state index contributed by atoms with van der Waals surface area (Å²) in [4.78, 5) is 53.3. The molecule has 6 heterocycles. The van der Waals surface area contributed by atoms with Crippen LogP contribution in [0.3, 0.4) is 0 Å². The number of ether oxygens (including phenoxy) is 2. The third-order valence-corrected chi connectivity index (χ3v) is 19.7. The molecule has 6 fully saturated rings. The molecule has 1 aromatic heterocycles.